The zero-order chi connectivity index (χ0) is 20.9. The average Bonchev–Trinajstić information content (AvgIpc) is 3.08. The second-order valence-corrected chi connectivity index (χ2v) is 8.04. The molecule has 0 spiro atoms. The molecule has 2 aromatic carbocycles. The third-order valence-corrected chi connectivity index (χ3v) is 5.69. The number of halogens is 1. The highest BCUT2D eigenvalue weighted by molar-refractivity contribution is 7.96. The summed E-state index contributed by atoms with van der Waals surface area (Å²) >= 11 is 3.73. The van der Waals surface area contributed by atoms with Crippen molar-refractivity contribution in [1.29, 1.82) is 0 Å². The number of carbonyl (C=O) groups excluding carboxylic acids is 1. The lowest BCUT2D eigenvalue weighted by atomic mass is 10.1. The summed E-state index contributed by atoms with van der Waals surface area (Å²) in [5.74, 6) is 0.620. The maximum absolute atomic E-state index is 13.3. The van der Waals surface area contributed by atoms with Crippen molar-refractivity contribution in [2.75, 3.05) is 31.5 Å². The van der Waals surface area contributed by atoms with Crippen LogP contribution >= 0.6 is 12.6 Å². The van der Waals surface area contributed by atoms with Gasteiger partial charge in [-0.1, -0.05) is 36.9 Å². The number of rotatable bonds is 7. The van der Waals surface area contributed by atoms with Gasteiger partial charge in [0.2, 0.25) is 5.95 Å². The van der Waals surface area contributed by atoms with Crippen molar-refractivity contribution < 1.29 is 9.18 Å². The molecule has 1 amide bonds. The predicted octanol–water partition coefficient (Wildman–Crippen LogP) is 3.74. The van der Waals surface area contributed by atoms with Crippen LogP contribution in [0.4, 0.5) is 15.1 Å². The largest absolute Gasteiger partial charge is 0.353 e. The highest BCUT2D eigenvalue weighted by Gasteiger charge is 2.21. The Hall–Kier alpha value is -2.58. The number of nitrogens with zero attached hydrogens (tertiary/aromatic N) is 3. The molecule has 6 nitrogen and oxygen atoms in total. The van der Waals surface area contributed by atoms with Crippen molar-refractivity contribution in [3.05, 3.63) is 59.9 Å². The molecule has 1 saturated heterocycles. The van der Waals surface area contributed by atoms with Gasteiger partial charge >= 0.3 is 0 Å². The number of para-hydroxylation sites is 2. The minimum absolute atomic E-state index is 0.228. The highest BCUT2D eigenvalue weighted by Crippen LogP contribution is 2.24. The lowest BCUT2D eigenvalue weighted by Gasteiger charge is -2.32. The molecule has 0 bridgehead atoms. The van der Waals surface area contributed by atoms with Crippen LogP contribution in [0.25, 0.3) is 11.0 Å². The van der Waals surface area contributed by atoms with Crippen LogP contribution in [0, 0.1) is 5.82 Å². The van der Waals surface area contributed by atoms with Gasteiger partial charge in [0.25, 0.3) is 5.24 Å². The van der Waals surface area contributed by atoms with E-state index in [2.05, 4.69) is 38.8 Å². The van der Waals surface area contributed by atoms with Crippen molar-refractivity contribution in [1.82, 2.24) is 19.8 Å². The van der Waals surface area contributed by atoms with E-state index in [9.17, 15) is 9.18 Å². The number of benzene rings is 2. The molecule has 0 radical (unpaired) electrons. The van der Waals surface area contributed by atoms with Gasteiger partial charge in [0.05, 0.1) is 17.6 Å². The maximum atomic E-state index is 13.3. The van der Waals surface area contributed by atoms with Gasteiger partial charge in [-0.15, -0.1) is 0 Å². The molecule has 1 aliphatic heterocycles. The summed E-state index contributed by atoms with van der Waals surface area (Å²) in [6.45, 7) is 4.03. The van der Waals surface area contributed by atoms with Gasteiger partial charge in [0, 0.05) is 32.2 Å². The van der Waals surface area contributed by atoms with Crippen LogP contribution in [0.15, 0.2) is 48.5 Å². The summed E-state index contributed by atoms with van der Waals surface area (Å²) in [6, 6.07) is 15.0. The van der Waals surface area contributed by atoms with E-state index >= 15 is 0 Å². The van der Waals surface area contributed by atoms with Gasteiger partial charge in [-0.2, -0.15) is 0 Å². The first-order chi connectivity index (χ1) is 14.6. The second-order valence-electron chi connectivity index (χ2n) is 7.63. The highest BCUT2D eigenvalue weighted by atomic mass is 32.1. The number of hydrogen-bond donors (Lipinski definition) is 3. The van der Waals surface area contributed by atoms with E-state index < -0.39 is 0 Å². The normalized spacial score (nSPS) is 15.4. The first-order valence-corrected chi connectivity index (χ1v) is 10.7. The van der Waals surface area contributed by atoms with Gasteiger partial charge in [-0.3, -0.25) is 4.79 Å². The van der Waals surface area contributed by atoms with E-state index in [1.54, 1.807) is 0 Å². The SMILES string of the molecule is O=C(S)NCCN1CCC(Nc2nc3ccccc3n2Cc2ccc(F)cc2)CC1. The fourth-order valence-electron chi connectivity index (χ4n) is 3.92. The number of likely N-dealkylation sites (tertiary alicyclic amines) is 1. The molecular weight excluding hydrogens is 401 g/mol. The number of piperidine rings is 1. The van der Waals surface area contributed by atoms with Crippen LogP contribution in [-0.4, -0.2) is 51.9 Å². The minimum atomic E-state index is -0.286. The first-order valence-electron chi connectivity index (χ1n) is 10.2. The molecule has 0 aliphatic carbocycles. The summed E-state index contributed by atoms with van der Waals surface area (Å²) in [6.07, 6.45) is 2.02. The molecule has 0 saturated carbocycles. The predicted molar refractivity (Wildman–Crippen MR) is 121 cm³/mol. The number of imidazole rings is 1. The Morgan fingerprint density at radius 3 is 2.60 bits per heavy atom. The molecule has 8 heteroatoms. The number of hydrogen-bond acceptors (Lipinski definition) is 4. The maximum Gasteiger partial charge on any atom is 0.276 e. The van der Waals surface area contributed by atoms with Gasteiger partial charge in [0.1, 0.15) is 5.82 Å². The molecule has 1 fully saturated rings. The van der Waals surface area contributed by atoms with Gasteiger partial charge in [-0.05, 0) is 42.7 Å². The summed E-state index contributed by atoms with van der Waals surface area (Å²) in [7, 11) is 0. The monoisotopic (exact) mass is 427 g/mol. The fourth-order valence-corrected chi connectivity index (χ4v) is 4.03. The minimum Gasteiger partial charge on any atom is -0.353 e. The van der Waals surface area contributed by atoms with Crippen molar-refractivity contribution >= 4 is 34.8 Å². The summed E-state index contributed by atoms with van der Waals surface area (Å²) < 4.78 is 15.5. The van der Waals surface area contributed by atoms with Crippen molar-refractivity contribution in [2.45, 2.75) is 25.4 Å². The summed E-state index contributed by atoms with van der Waals surface area (Å²) in [5.41, 5.74) is 3.04. The van der Waals surface area contributed by atoms with Crippen molar-refractivity contribution in [3.8, 4) is 0 Å². The number of fused-ring (bicyclic) bond motifs is 1. The van der Waals surface area contributed by atoms with Gasteiger partial charge < -0.3 is 20.1 Å². The van der Waals surface area contributed by atoms with Crippen LogP contribution < -0.4 is 10.6 Å². The number of amides is 1. The standard InChI is InChI=1S/C22H26FN5OS/c23-17-7-5-16(6-8-17)15-28-20-4-2-1-3-19(20)26-21(28)25-18-9-12-27(13-10-18)14-11-24-22(29)30/h1-8,18H,9-15H2,(H,25,26)(H2,24,29,30). The quantitative estimate of drug-likeness (QED) is 0.503. The Morgan fingerprint density at radius 1 is 1.13 bits per heavy atom. The Labute approximate surface area is 180 Å². The van der Waals surface area contributed by atoms with Crippen molar-refractivity contribution in [2.24, 2.45) is 0 Å². The smallest absolute Gasteiger partial charge is 0.276 e. The Bertz CT molecular complexity index is 998. The lowest BCUT2D eigenvalue weighted by Crippen LogP contribution is -2.42. The Kier molecular flexibility index (Phi) is 6.54. The first kappa shape index (κ1) is 20.7. The number of nitrogens with one attached hydrogen (secondary N) is 2. The third kappa shape index (κ3) is 5.12. The third-order valence-electron chi connectivity index (χ3n) is 5.53. The van der Waals surface area contributed by atoms with E-state index in [1.807, 2.05) is 30.3 Å². The molecule has 1 aromatic heterocycles. The van der Waals surface area contributed by atoms with Crippen LogP contribution in [0.2, 0.25) is 0 Å². The van der Waals surface area contributed by atoms with Gasteiger partial charge in [0.15, 0.2) is 0 Å². The number of thiol groups is 1. The molecular formula is C22H26FN5OS. The second kappa shape index (κ2) is 9.49. The molecule has 0 unspecified atom stereocenters. The van der Waals surface area contributed by atoms with Crippen molar-refractivity contribution in [3.63, 3.8) is 0 Å². The molecule has 0 atom stereocenters. The fraction of sp³-hybridized carbons (Fsp3) is 0.364. The lowest BCUT2D eigenvalue weighted by molar-refractivity contribution is 0.218. The molecule has 1 aliphatic rings. The van der Waals surface area contributed by atoms with E-state index in [0.717, 1.165) is 55.0 Å². The Morgan fingerprint density at radius 2 is 1.87 bits per heavy atom. The zero-order valence-corrected chi connectivity index (χ0v) is 17.6. The molecule has 3 aromatic rings. The van der Waals surface area contributed by atoms with E-state index in [1.165, 1.54) is 12.1 Å². The van der Waals surface area contributed by atoms with Crippen LogP contribution in [0.5, 0.6) is 0 Å². The van der Waals surface area contributed by atoms with Crippen LogP contribution in [0.3, 0.4) is 0 Å². The van der Waals surface area contributed by atoms with Gasteiger partial charge in [-0.25, -0.2) is 9.37 Å². The Balaban J connectivity index is 1.44. The van der Waals surface area contributed by atoms with E-state index in [0.29, 0.717) is 19.1 Å². The zero-order valence-electron chi connectivity index (χ0n) is 16.7. The van der Waals surface area contributed by atoms with Crippen LogP contribution in [0.1, 0.15) is 18.4 Å². The average molecular weight is 428 g/mol. The van der Waals surface area contributed by atoms with Crippen LogP contribution in [-0.2, 0) is 6.54 Å². The summed E-state index contributed by atoms with van der Waals surface area (Å²) in [5, 5.41) is 6.07. The number of aromatic nitrogens is 2. The molecule has 2 N–H and O–H groups in total. The molecule has 4 rings (SSSR count). The topological polar surface area (TPSA) is 62.2 Å². The molecule has 158 valence electrons. The molecule has 2 heterocycles. The van der Waals surface area contributed by atoms with E-state index in [-0.39, 0.29) is 11.1 Å². The number of carbonyl (C=O) groups is 1. The van der Waals surface area contributed by atoms with E-state index in [4.69, 9.17) is 4.98 Å². The summed E-state index contributed by atoms with van der Waals surface area (Å²) in [4.78, 5) is 18.1. The molecule has 30 heavy (non-hydrogen) atoms. The number of anilines is 1.